The van der Waals surface area contributed by atoms with Gasteiger partial charge in [-0.15, -0.1) is 0 Å². The monoisotopic (exact) mass is 272 g/mol. The third-order valence-electron chi connectivity index (χ3n) is 2.56. The largest absolute Gasteiger partial charge is 0.486 e. The fourth-order valence-electron chi connectivity index (χ4n) is 1.58. The Hall–Kier alpha value is -2.94. The molecule has 0 fully saturated rings. The first-order valence-electron chi connectivity index (χ1n) is 5.60. The predicted octanol–water partition coefficient (Wildman–Crippen LogP) is 2.37. The quantitative estimate of drug-likeness (QED) is 0.923. The number of carbonyl (C=O) groups is 1. The van der Waals surface area contributed by atoms with Gasteiger partial charge in [0.25, 0.3) is 0 Å². The van der Waals surface area contributed by atoms with Crippen LogP contribution in [0.3, 0.4) is 0 Å². The van der Waals surface area contributed by atoms with Gasteiger partial charge in [0.05, 0.1) is 11.8 Å². The standard InChI is InChI=1S/C14H9FN2O3/c15-12-2-1-9(5-10(12)6-16)8-20-13-7-17-4-3-11(13)14(18)19/h1-5,7H,8H2,(H,18,19). The summed E-state index contributed by atoms with van der Waals surface area (Å²) in [7, 11) is 0. The summed E-state index contributed by atoms with van der Waals surface area (Å²) in [4.78, 5) is 14.8. The third kappa shape index (κ3) is 2.90. The number of carboxylic acids is 1. The van der Waals surface area contributed by atoms with Crippen LogP contribution < -0.4 is 4.74 Å². The van der Waals surface area contributed by atoms with Crippen molar-refractivity contribution < 1.29 is 19.0 Å². The number of nitriles is 1. The molecule has 2 rings (SSSR count). The second-order valence-electron chi connectivity index (χ2n) is 3.89. The Morgan fingerprint density at radius 2 is 2.25 bits per heavy atom. The van der Waals surface area contributed by atoms with Crippen molar-refractivity contribution in [2.75, 3.05) is 0 Å². The second kappa shape index (κ2) is 5.80. The lowest BCUT2D eigenvalue weighted by Crippen LogP contribution is -2.04. The van der Waals surface area contributed by atoms with E-state index < -0.39 is 11.8 Å². The van der Waals surface area contributed by atoms with E-state index in [1.807, 2.05) is 0 Å². The molecule has 0 amide bonds. The van der Waals surface area contributed by atoms with E-state index in [9.17, 15) is 9.18 Å². The molecule has 0 saturated heterocycles. The number of hydrogen-bond acceptors (Lipinski definition) is 4. The number of carboxylic acid groups (broad SMARTS) is 1. The van der Waals surface area contributed by atoms with Crippen molar-refractivity contribution in [3.63, 3.8) is 0 Å². The van der Waals surface area contributed by atoms with Crippen LogP contribution in [-0.4, -0.2) is 16.1 Å². The molecule has 6 heteroatoms. The van der Waals surface area contributed by atoms with Crippen molar-refractivity contribution in [3.8, 4) is 11.8 Å². The van der Waals surface area contributed by atoms with E-state index in [-0.39, 0.29) is 23.5 Å². The van der Waals surface area contributed by atoms with Gasteiger partial charge >= 0.3 is 5.97 Å². The second-order valence-corrected chi connectivity index (χ2v) is 3.89. The minimum atomic E-state index is -1.13. The topological polar surface area (TPSA) is 83.2 Å². The Labute approximate surface area is 113 Å². The maximum Gasteiger partial charge on any atom is 0.339 e. The Bertz CT molecular complexity index is 695. The van der Waals surface area contributed by atoms with Crippen LogP contribution in [0.15, 0.2) is 36.7 Å². The summed E-state index contributed by atoms with van der Waals surface area (Å²) in [5.41, 5.74) is 0.460. The molecule has 0 aliphatic carbocycles. The van der Waals surface area contributed by atoms with Crippen LogP contribution in [-0.2, 0) is 6.61 Å². The van der Waals surface area contributed by atoms with Crippen LogP contribution in [0.25, 0.3) is 0 Å². The predicted molar refractivity (Wildman–Crippen MR) is 66.6 cm³/mol. The average Bonchev–Trinajstić information content (AvgIpc) is 2.46. The number of hydrogen-bond donors (Lipinski definition) is 1. The van der Waals surface area contributed by atoms with Gasteiger partial charge in [-0.3, -0.25) is 4.98 Å². The number of halogens is 1. The molecule has 0 spiro atoms. The number of benzene rings is 1. The van der Waals surface area contributed by atoms with Gasteiger partial charge in [0.1, 0.15) is 24.1 Å². The zero-order valence-electron chi connectivity index (χ0n) is 10.2. The van der Waals surface area contributed by atoms with E-state index in [1.54, 1.807) is 6.07 Å². The molecule has 5 nitrogen and oxygen atoms in total. The Balaban J connectivity index is 2.17. The first kappa shape index (κ1) is 13.5. The molecule has 1 aromatic heterocycles. The van der Waals surface area contributed by atoms with E-state index >= 15 is 0 Å². The van der Waals surface area contributed by atoms with Crippen molar-refractivity contribution >= 4 is 5.97 Å². The molecule has 0 bridgehead atoms. The third-order valence-corrected chi connectivity index (χ3v) is 2.56. The van der Waals surface area contributed by atoms with Gasteiger partial charge in [-0.25, -0.2) is 9.18 Å². The molecule has 0 unspecified atom stereocenters. The minimum absolute atomic E-state index is 0.0115. The molecule has 100 valence electrons. The van der Waals surface area contributed by atoms with Crippen LogP contribution in [0.1, 0.15) is 21.5 Å². The molecular weight excluding hydrogens is 263 g/mol. The van der Waals surface area contributed by atoms with Crippen LogP contribution in [0.4, 0.5) is 4.39 Å². The van der Waals surface area contributed by atoms with Crippen molar-refractivity contribution in [1.82, 2.24) is 4.98 Å². The highest BCUT2D eigenvalue weighted by Crippen LogP contribution is 2.18. The van der Waals surface area contributed by atoms with E-state index in [4.69, 9.17) is 15.1 Å². The van der Waals surface area contributed by atoms with Gasteiger partial charge < -0.3 is 9.84 Å². The number of pyridine rings is 1. The normalized spacial score (nSPS) is 9.80. The molecule has 0 radical (unpaired) electrons. The van der Waals surface area contributed by atoms with Crippen LogP contribution in [0, 0.1) is 17.1 Å². The highest BCUT2D eigenvalue weighted by molar-refractivity contribution is 5.90. The van der Waals surface area contributed by atoms with Crippen molar-refractivity contribution in [1.29, 1.82) is 5.26 Å². The zero-order valence-corrected chi connectivity index (χ0v) is 10.2. The smallest absolute Gasteiger partial charge is 0.339 e. The Morgan fingerprint density at radius 3 is 2.95 bits per heavy atom. The van der Waals surface area contributed by atoms with E-state index in [1.165, 1.54) is 36.7 Å². The summed E-state index contributed by atoms with van der Waals surface area (Å²) >= 11 is 0. The van der Waals surface area contributed by atoms with Gasteiger partial charge in [-0.1, -0.05) is 6.07 Å². The number of aromatic carboxylic acids is 1. The molecule has 1 N–H and O–H groups in total. The summed E-state index contributed by atoms with van der Waals surface area (Å²) in [5, 5.41) is 17.7. The van der Waals surface area contributed by atoms with E-state index in [2.05, 4.69) is 4.98 Å². The molecule has 2 aromatic rings. The average molecular weight is 272 g/mol. The van der Waals surface area contributed by atoms with Gasteiger partial charge in [-0.2, -0.15) is 5.26 Å². The fourth-order valence-corrected chi connectivity index (χ4v) is 1.58. The lowest BCUT2D eigenvalue weighted by Gasteiger charge is -2.08. The van der Waals surface area contributed by atoms with E-state index in [0.717, 1.165) is 0 Å². The summed E-state index contributed by atoms with van der Waals surface area (Å²) in [6.07, 6.45) is 2.64. The van der Waals surface area contributed by atoms with Crippen LogP contribution in [0.5, 0.6) is 5.75 Å². The number of nitrogens with zero attached hydrogens (tertiary/aromatic N) is 2. The molecule has 0 aliphatic rings. The van der Waals surface area contributed by atoms with Gasteiger partial charge in [0.2, 0.25) is 0 Å². The Kier molecular flexibility index (Phi) is 3.91. The van der Waals surface area contributed by atoms with Gasteiger partial charge in [0, 0.05) is 6.20 Å². The lowest BCUT2D eigenvalue weighted by molar-refractivity contribution is 0.0691. The molecular formula is C14H9FN2O3. The van der Waals surface area contributed by atoms with Crippen LogP contribution >= 0.6 is 0 Å². The molecule has 20 heavy (non-hydrogen) atoms. The zero-order chi connectivity index (χ0) is 14.5. The fraction of sp³-hybridized carbons (Fsp3) is 0.0714. The van der Waals surface area contributed by atoms with Crippen molar-refractivity contribution in [3.05, 3.63) is 59.2 Å². The van der Waals surface area contributed by atoms with Crippen LogP contribution in [0.2, 0.25) is 0 Å². The first-order valence-corrected chi connectivity index (χ1v) is 5.60. The Morgan fingerprint density at radius 1 is 1.45 bits per heavy atom. The molecule has 0 aliphatic heterocycles. The lowest BCUT2D eigenvalue weighted by atomic mass is 10.1. The van der Waals surface area contributed by atoms with Crippen molar-refractivity contribution in [2.24, 2.45) is 0 Å². The number of aromatic nitrogens is 1. The van der Waals surface area contributed by atoms with E-state index in [0.29, 0.717) is 5.56 Å². The maximum atomic E-state index is 13.2. The molecule has 0 saturated carbocycles. The van der Waals surface area contributed by atoms with Gasteiger partial charge in [0.15, 0.2) is 5.75 Å². The highest BCUT2D eigenvalue weighted by Gasteiger charge is 2.11. The summed E-state index contributed by atoms with van der Waals surface area (Å²) in [5.74, 6) is -1.62. The highest BCUT2D eigenvalue weighted by atomic mass is 19.1. The summed E-state index contributed by atoms with van der Waals surface area (Å²) in [6.45, 7) is 0.0148. The maximum absolute atomic E-state index is 13.2. The molecule has 1 aromatic carbocycles. The summed E-state index contributed by atoms with van der Waals surface area (Å²) in [6, 6.07) is 7.03. The van der Waals surface area contributed by atoms with Gasteiger partial charge in [-0.05, 0) is 23.8 Å². The summed E-state index contributed by atoms with van der Waals surface area (Å²) < 4.78 is 18.5. The van der Waals surface area contributed by atoms with Crippen molar-refractivity contribution in [2.45, 2.75) is 6.61 Å². The minimum Gasteiger partial charge on any atom is -0.486 e. The molecule has 1 heterocycles. The number of ether oxygens (including phenoxy) is 1. The number of rotatable bonds is 4. The SMILES string of the molecule is N#Cc1cc(COc2cnccc2C(=O)O)ccc1F. The first-order chi connectivity index (χ1) is 9.61. The molecule has 0 atom stereocenters.